The van der Waals surface area contributed by atoms with Crippen molar-refractivity contribution in [3.8, 4) is 0 Å². The first-order valence-corrected chi connectivity index (χ1v) is 11.4. The Bertz CT molecular complexity index is 441. The zero-order valence-electron chi connectivity index (χ0n) is 19.9. The second-order valence-corrected chi connectivity index (χ2v) is 8.46. The van der Waals surface area contributed by atoms with Gasteiger partial charge in [0.2, 0.25) is 0 Å². The highest BCUT2D eigenvalue weighted by molar-refractivity contribution is 4.93. The van der Waals surface area contributed by atoms with Gasteiger partial charge in [-0.2, -0.15) is 0 Å². The molecule has 0 N–H and O–H groups in total. The normalized spacial score (nSPS) is 10.6. The summed E-state index contributed by atoms with van der Waals surface area (Å²) in [5, 5.41) is 0. The topological polar surface area (TPSA) is 9.72 Å². The molecule has 28 heavy (non-hydrogen) atoms. The van der Waals surface area contributed by atoms with Crippen LogP contribution in [0.5, 0.6) is 0 Å². The number of allylic oxidation sites excluding steroid dienone is 3. The minimum absolute atomic E-state index is 1.12. The van der Waals surface area contributed by atoms with E-state index in [-0.39, 0.29) is 0 Å². The fourth-order valence-electron chi connectivity index (χ4n) is 3.18. The predicted octanol–water partition coefficient (Wildman–Crippen LogP) is 6.65. The summed E-state index contributed by atoms with van der Waals surface area (Å²) in [7, 11) is 6.50. The molecule has 0 spiro atoms. The van der Waals surface area contributed by atoms with E-state index >= 15 is 0 Å². The Morgan fingerprint density at radius 3 is 1.39 bits per heavy atom. The molecular weight excluding hydrogens is 342 g/mol. The van der Waals surface area contributed by atoms with Crippen molar-refractivity contribution in [2.75, 3.05) is 40.8 Å². The fourth-order valence-corrected chi connectivity index (χ4v) is 3.18. The number of hydrogen-bond donors (Lipinski definition) is 0. The molecule has 0 amide bonds. The molecule has 0 aromatic rings. The van der Waals surface area contributed by atoms with E-state index in [1.165, 1.54) is 69.2 Å². The van der Waals surface area contributed by atoms with Crippen LogP contribution in [-0.2, 0) is 0 Å². The van der Waals surface area contributed by atoms with Crippen molar-refractivity contribution in [2.24, 2.45) is 0 Å². The van der Waals surface area contributed by atoms with Crippen molar-refractivity contribution < 1.29 is 0 Å². The van der Waals surface area contributed by atoms with Crippen molar-refractivity contribution in [1.82, 2.24) is 14.7 Å². The van der Waals surface area contributed by atoms with Crippen LogP contribution in [0.2, 0.25) is 0 Å². The third kappa shape index (κ3) is 13.7. The van der Waals surface area contributed by atoms with Gasteiger partial charge in [-0.1, -0.05) is 52.3 Å². The average Bonchev–Trinajstić information content (AvgIpc) is 2.67. The van der Waals surface area contributed by atoms with Crippen LogP contribution in [0.4, 0.5) is 0 Å². The van der Waals surface area contributed by atoms with Gasteiger partial charge in [0.25, 0.3) is 0 Å². The van der Waals surface area contributed by atoms with Crippen molar-refractivity contribution in [3.05, 3.63) is 36.8 Å². The van der Waals surface area contributed by atoms with E-state index < -0.39 is 0 Å². The van der Waals surface area contributed by atoms with Gasteiger partial charge in [-0.05, 0) is 51.9 Å². The van der Waals surface area contributed by atoms with E-state index in [0.717, 1.165) is 38.2 Å². The largest absolute Gasteiger partial charge is 0.379 e. The maximum Gasteiger partial charge on any atom is 0.0171 e. The molecule has 0 aromatic heterocycles. The fraction of sp³-hybridized carbons (Fsp3) is 0.760. The molecule has 0 atom stereocenters. The molecule has 0 unspecified atom stereocenters. The Morgan fingerprint density at radius 2 is 0.964 bits per heavy atom. The van der Waals surface area contributed by atoms with E-state index in [1.807, 2.05) is 0 Å². The summed E-state index contributed by atoms with van der Waals surface area (Å²) >= 11 is 0. The lowest BCUT2D eigenvalue weighted by Crippen LogP contribution is -2.19. The van der Waals surface area contributed by atoms with Crippen LogP contribution in [0.25, 0.3) is 0 Å². The number of hydrogen-bond acceptors (Lipinski definition) is 3. The summed E-state index contributed by atoms with van der Waals surface area (Å²) in [6, 6.07) is 0. The average molecular weight is 392 g/mol. The van der Waals surface area contributed by atoms with Gasteiger partial charge in [0.1, 0.15) is 0 Å². The van der Waals surface area contributed by atoms with Crippen LogP contribution in [-0.4, -0.2) is 55.5 Å². The molecule has 3 nitrogen and oxygen atoms in total. The molecule has 0 radical (unpaired) electrons. The molecule has 0 heterocycles. The molecular formula is C25H49N3. The van der Waals surface area contributed by atoms with Crippen LogP contribution >= 0.6 is 0 Å². The highest BCUT2D eigenvalue weighted by Gasteiger charge is 2.04. The van der Waals surface area contributed by atoms with Gasteiger partial charge in [0.15, 0.2) is 0 Å². The summed E-state index contributed by atoms with van der Waals surface area (Å²) in [4.78, 5) is 6.94. The van der Waals surface area contributed by atoms with Gasteiger partial charge in [-0.15, -0.1) is 0 Å². The van der Waals surface area contributed by atoms with Gasteiger partial charge in [-0.3, -0.25) is 0 Å². The van der Waals surface area contributed by atoms with E-state index in [2.05, 4.69) is 69.4 Å². The summed E-state index contributed by atoms with van der Waals surface area (Å²) in [6.45, 7) is 20.2. The van der Waals surface area contributed by atoms with Crippen molar-refractivity contribution in [2.45, 2.75) is 84.5 Å². The standard InChI is InChI=1S/C25H49N3/c1-9-10-18-24(4)27(7)22-17-13-14-19-25(5)28(8)21-16-12-11-15-20-26(6)23(2)3/h2,4-5,9-22H2,1,3,6-8H3. The van der Waals surface area contributed by atoms with Gasteiger partial charge in [0, 0.05) is 57.9 Å². The molecule has 0 aliphatic heterocycles. The van der Waals surface area contributed by atoms with Gasteiger partial charge in [-0.25, -0.2) is 0 Å². The summed E-state index contributed by atoms with van der Waals surface area (Å²) in [5.41, 5.74) is 3.74. The summed E-state index contributed by atoms with van der Waals surface area (Å²) < 4.78 is 0. The Morgan fingerprint density at radius 1 is 0.571 bits per heavy atom. The number of nitrogens with zero attached hydrogens (tertiary/aromatic N) is 3. The minimum Gasteiger partial charge on any atom is -0.379 e. The number of unbranched alkanes of at least 4 members (excludes halogenated alkanes) is 6. The smallest absolute Gasteiger partial charge is 0.0171 e. The second kappa shape index (κ2) is 16.6. The molecule has 0 rings (SSSR count). The lowest BCUT2D eigenvalue weighted by molar-refractivity contribution is 0.363. The summed E-state index contributed by atoms with van der Waals surface area (Å²) in [5.74, 6) is 0. The minimum atomic E-state index is 1.12. The van der Waals surface area contributed by atoms with Crippen molar-refractivity contribution >= 4 is 0 Å². The first-order valence-electron chi connectivity index (χ1n) is 11.4. The van der Waals surface area contributed by atoms with Crippen LogP contribution < -0.4 is 0 Å². The quantitative estimate of drug-likeness (QED) is 0.228. The second-order valence-electron chi connectivity index (χ2n) is 8.46. The van der Waals surface area contributed by atoms with E-state index in [9.17, 15) is 0 Å². The first-order chi connectivity index (χ1) is 13.3. The molecule has 0 aliphatic carbocycles. The molecule has 0 saturated heterocycles. The molecule has 0 aliphatic rings. The molecule has 164 valence electrons. The van der Waals surface area contributed by atoms with Crippen LogP contribution in [0, 0.1) is 0 Å². The zero-order chi connectivity index (χ0) is 21.4. The van der Waals surface area contributed by atoms with Gasteiger partial charge in [0.05, 0.1) is 0 Å². The maximum absolute atomic E-state index is 4.29. The summed E-state index contributed by atoms with van der Waals surface area (Å²) in [6.07, 6.45) is 13.6. The lowest BCUT2D eigenvalue weighted by Gasteiger charge is -2.23. The maximum atomic E-state index is 4.29. The van der Waals surface area contributed by atoms with Gasteiger partial charge < -0.3 is 14.7 Å². The lowest BCUT2D eigenvalue weighted by atomic mass is 10.1. The number of rotatable bonds is 19. The van der Waals surface area contributed by atoms with E-state index in [4.69, 9.17) is 0 Å². The van der Waals surface area contributed by atoms with E-state index in [1.54, 1.807) is 0 Å². The first kappa shape index (κ1) is 26.6. The van der Waals surface area contributed by atoms with Crippen molar-refractivity contribution in [3.63, 3.8) is 0 Å². The third-order valence-electron chi connectivity index (χ3n) is 5.75. The highest BCUT2D eigenvalue weighted by Crippen LogP contribution is 2.14. The highest BCUT2D eigenvalue weighted by atomic mass is 15.1. The van der Waals surface area contributed by atoms with Crippen LogP contribution in [0.3, 0.4) is 0 Å². The van der Waals surface area contributed by atoms with Crippen LogP contribution in [0.15, 0.2) is 36.8 Å². The molecule has 3 heteroatoms. The molecule has 0 bridgehead atoms. The zero-order valence-corrected chi connectivity index (χ0v) is 19.9. The Kier molecular flexibility index (Phi) is 15.7. The van der Waals surface area contributed by atoms with E-state index in [0.29, 0.717) is 0 Å². The van der Waals surface area contributed by atoms with Gasteiger partial charge >= 0.3 is 0 Å². The van der Waals surface area contributed by atoms with Crippen LogP contribution in [0.1, 0.15) is 84.5 Å². The van der Waals surface area contributed by atoms with Crippen molar-refractivity contribution in [1.29, 1.82) is 0 Å². The Labute approximate surface area is 177 Å². The third-order valence-corrected chi connectivity index (χ3v) is 5.75. The Hall–Kier alpha value is -1.38. The SMILES string of the molecule is C=C(C)N(C)CCCCCCN(C)C(=C)CCCCCN(C)C(=C)CCCC. The molecule has 0 aromatic carbocycles. The predicted molar refractivity (Wildman–Crippen MR) is 127 cm³/mol. The monoisotopic (exact) mass is 391 g/mol. The molecule has 0 fully saturated rings. The Balaban J connectivity index is 3.65. The molecule has 0 saturated carbocycles.